The molecule has 4 aromatic carbocycles. The average molecular weight is 485 g/mol. The molecule has 2 aliphatic heterocycles. The lowest BCUT2D eigenvalue weighted by Gasteiger charge is -2.32. The van der Waals surface area contributed by atoms with Crippen LogP contribution < -0.4 is 30.4 Å². The molecule has 0 spiro atoms. The zero-order chi connectivity index (χ0) is 25.6. The maximum Gasteiger partial charge on any atom is 0.260 e. The molecule has 0 radical (unpaired) electrons. The highest BCUT2D eigenvalue weighted by atomic mass is 16.5. The average Bonchev–Trinajstić information content (AvgIpc) is 3.12. The third kappa shape index (κ3) is 3.06. The molecule has 0 amide bonds. The summed E-state index contributed by atoms with van der Waals surface area (Å²) >= 11 is 0. The molecule has 5 heteroatoms. The Labute approximate surface area is 218 Å². The molecule has 37 heavy (non-hydrogen) atoms. The van der Waals surface area contributed by atoms with Crippen molar-refractivity contribution < 1.29 is 14.0 Å². The molecule has 0 fully saturated rings. The summed E-state index contributed by atoms with van der Waals surface area (Å²) in [5.41, 5.74) is 9.42. The molecule has 0 bridgehead atoms. The van der Waals surface area contributed by atoms with Gasteiger partial charge in [-0.2, -0.15) is 4.57 Å². The summed E-state index contributed by atoms with van der Waals surface area (Å²) in [6.07, 6.45) is 0. The van der Waals surface area contributed by atoms with E-state index in [4.69, 9.17) is 9.47 Å². The fraction of sp³-hybridized carbons (Fsp3) is 0.219. The highest BCUT2D eigenvalue weighted by Gasteiger charge is 2.43. The standard InChI is InChI=1S/C32H30BN2O2/c1-19-15-16-21(32(3,4)5)17-24(19)35-20(2)34(6)30-25(35)18-28-29-31(30)37-27-14-10-8-12-23(27)33(29)22-11-7-9-13-26(22)36-28/h7-18H,1-6H3/q+1. The molecule has 0 aliphatic carbocycles. The van der Waals surface area contributed by atoms with Crippen LogP contribution in [0, 0.1) is 13.8 Å². The molecule has 4 nitrogen and oxygen atoms in total. The maximum absolute atomic E-state index is 6.73. The van der Waals surface area contributed by atoms with E-state index < -0.39 is 0 Å². The first-order chi connectivity index (χ1) is 17.7. The minimum absolute atomic E-state index is 0.0551. The first-order valence-corrected chi connectivity index (χ1v) is 13.0. The third-order valence-electron chi connectivity index (χ3n) is 8.12. The van der Waals surface area contributed by atoms with Crippen molar-refractivity contribution >= 4 is 34.1 Å². The Morgan fingerprint density at radius 2 is 1.43 bits per heavy atom. The van der Waals surface area contributed by atoms with E-state index in [0.29, 0.717) is 0 Å². The van der Waals surface area contributed by atoms with E-state index in [2.05, 4.69) is 111 Å². The predicted octanol–water partition coefficient (Wildman–Crippen LogP) is 5.10. The number of fused-ring (bicyclic) bond motifs is 6. The van der Waals surface area contributed by atoms with Crippen LogP contribution in [-0.2, 0) is 12.5 Å². The van der Waals surface area contributed by atoms with Crippen molar-refractivity contribution in [2.24, 2.45) is 7.05 Å². The van der Waals surface area contributed by atoms with E-state index in [-0.39, 0.29) is 12.1 Å². The Kier molecular flexibility index (Phi) is 4.52. The van der Waals surface area contributed by atoms with E-state index >= 15 is 0 Å². The van der Waals surface area contributed by atoms with Crippen LogP contribution in [0.5, 0.6) is 23.0 Å². The van der Waals surface area contributed by atoms with Gasteiger partial charge in [0.2, 0.25) is 5.52 Å². The van der Waals surface area contributed by atoms with E-state index in [1.54, 1.807) is 0 Å². The van der Waals surface area contributed by atoms with Crippen LogP contribution in [0.3, 0.4) is 0 Å². The summed E-state index contributed by atoms with van der Waals surface area (Å²) in [5, 5.41) is 0. The number of hydrogen-bond donors (Lipinski definition) is 0. The summed E-state index contributed by atoms with van der Waals surface area (Å²) in [4.78, 5) is 0. The Bertz CT molecular complexity index is 1750. The second-order valence-corrected chi connectivity index (χ2v) is 11.4. The summed E-state index contributed by atoms with van der Waals surface area (Å²) in [6.45, 7) is 11.2. The summed E-state index contributed by atoms with van der Waals surface area (Å²) in [6, 6.07) is 25.8. The predicted molar refractivity (Wildman–Crippen MR) is 150 cm³/mol. The lowest BCUT2D eigenvalue weighted by molar-refractivity contribution is -0.652. The Morgan fingerprint density at radius 3 is 2.11 bits per heavy atom. The van der Waals surface area contributed by atoms with Gasteiger partial charge in [0, 0.05) is 18.5 Å². The van der Waals surface area contributed by atoms with Gasteiger partial charge < -0.3 is 9.47 Å². The molecule has 182 valence electrons. The Hall–Kier alpha value is -3.99. The van der Waals surface area contributed by atoms with Crippen LogP contribution >= 0.6 is 0 Å². The fourth-order valence-electron chi connectivity index (χ4n) is 6.02. The number of aryl methyl sites for hydroxylation is 2. The first-order valence-electron chi connectivity index (χ1n) is 13.0. The molecule has 7 rings (SSSR count). The van der Waals surface area contributed by atoms with Gasteiger partial charge in [0.25, 0.3) is 12.5 Å². The number of ether oxygens (including phenoxy) is 2. The van der Waals surface area contributed by atoms with Gasteiger partial charge in [0.1, 0.15) is 22.9 Å². The zero-order valence-corrected chi connectivity index (χ0v) is 22.2. The van der Waals surface area contributed by atoms with Gasteiger partial charge in [0.15, 0.2) is 11.3 Å². The molecule has 2 aliphatic rings. The third-order valence-corrected chi connectivity index (χ3v) is 8.12. The van der Waals surface area contributed by atoms with Gasteiger partial charge in [-0.05, 0) is 52.6 Å². The molecule has 5 aromatic rings. The van der Waals surface area contributed by atoms with Gasteiger partial charge in [-0.3, -0.25) is 0 Å². The van der Waals surface area contributed by atoms with Crippen LogP contribution in [0.25, 0.3) is 16.7 Å². The van der Waals surface area contributed by atoms with Gasteiger partial charge in [-0.1, -0.05) is 69.3 Å². The summed E-state index contributed by atoms with van der Waals surface area (Å²) in [7, 11) is 2.14. The molecule has 0 N–H and O–H groups in total. The van der Waals surface area contributed by atoms with Crippen LogP contribution in [0.4, 0.5) is 0 Å². The molecule has 0 saturated carbocycles. The van der Waals surface area contributed by atoms with E-state index in [9.17, 15) is 0 Å². The van der Waals surface area contributed by atoms with Crippen LogP contribution in [0.1, 0.15) is 37.7 Å². The number of rotatable bonds is 1. The first kappa shape index (κ1) is 22.2. The second-order valence-electron chi connectivity index (χ2n) is 11.4. The van der Waals surface area contributed by atoms with Gasteiger partial charge in [-0.15, -0.1) is 0 Å². The number of aromatic nitrogens is 2. The van der Waals surface area contributed by atoms with Crippen molar-refractivity contribution in [3.8, 4) is 28.7 Å². The molecular formula is C32H30BN2O2+. The highest BCUT2D eigenvalue weighted by molar-refractivity contribution is 6.98. The van der Waals surface area contributed by atoms with Crippen LogP contribution in [0.15, 0.2) is 72.8 Å². The Balaban J connectivity index is 1.57. The summed E-state index contributed by atoms with van der Waals surface area (Å²) in [5.74, 6) is 4.71. The molecule has 0 atom stereocenters. The molecule has 1 aromatic heterocycles. The summed E-state index contributed by atoms with van der Waals surface area (Å²) < 4.78 is 17.9. The maximum atomic E-state index is 6.73. The lowest BCUT2D eigenvalue weighted by atomic mass is 9.35. The van der Waals surface area contributed by atoms with Crippen molar-refractivity contribution in [3.63, 3.8) is 0 Å². The molecular weight excluding hydrogens is 455 g/mol. The van der Waals surface area contributed by atoms with Gasteiger partial charge in [0.05, 0.1) is 7.05 Å². The minimum atomic E-state index is 0.0551. The van der Waals surface area contributed by atoms with Crippen LogP contribution in [0.2, 0.25) is 0 Å². The number of imidazole rings is 1. The van der Waals surface area contributed by atoms with Crippen molar-refractivity contribution in [1.82, 2.24) is 4.57 Å². The SMILES string of the molecule is Cc1ccc(C(C)(C)C)cc1-n1c(C)[n+](C)c2c3c4c(cc21)Oc1ccccc1B4c1ccccc1O3. The highest BCUT2D eigenvalue weighted by Crippen LogP contribution is 2.40. The smallest absolute Gasteiger partial charge is 0.260 e. The topological polar surface area (TPSA) is 27.3 Å². The van der Waals surface area contributed by atoms with Crippen molar-refractivity contribution in [2.75, 3.05) is 0 Å². The number of hydrogen-bond acceptors (Lipinski definition) is 2. The molecule has 3 heterocycles. The van der Waals surface area contributed by atoms with Crippen molar-refractivity contribution in [3.05, 3.63) is 89.7 Å². The normalized spacial score (nSPS) is 13.5. The van der Waals surface area contributed by atoms with E-state index in [1.165, 1.54) is 27.7 Å². The van der Waals surface area contributed by atoms with E-state index in [1.807, 2.05) is 12.1 Å². The van der Waals surface area contributed by atoms with Crippen LogP contribution in [-0.4, -0.2) is 11.3 Å². The number of nitrogens with zero attached hydrogens (tertiary/aromatic N) is 2. The number of benzene rings is 4. The van der Waals surface area contributed by atoms with Crippen molar-refractivity contribution in [2.45, 2.75) is 40.0 Å². The van der Waals surface area contributed by atoms with Gasteiger partial charge >= 0.3 is 0 Å². The fourth-order valence-corrected chi connectivity index (χ4v) is 6.02. The van der Waals surface area contributed by atoms with E-state index in [0.717, 1.165) is 45.3 Å². The molecule has 0 saturated heterocycles. The number of para-hydroxylation sites is 2. The molecule has 0 unspecified atom stereocenters. The van der Waals surface area contributed by atoms with Gasteiger partial charge in [-0.25, -0.2) is 4.57 Å². The monoisotopic (exact) mass is 485 g/mol. The Morgan fingerprint density at radius 1 is 0.784 bits per heavy atom. The second kappa shape index (κ2) is 7.52. The lowest BCUT2D eigenvalue weighted by Crippen LogP contribution is -2.57. The quantitative estimate of drug-likeness (QED) is 0.239. The largest absolute Gasteiger partial charge is 0.458 e. The van der Waals surface area contributed by atoms with Crippen molar-refractivity contribution in [1.29, 1.82) is 0 Å². The zero-order valence-electron chi connectivity index (χ0n) is 22.2. The minimum Gasteiger partial charge on any atom is -0.458 e.